The van der Waals surface area contributed by atoms with E-state index in [1.807, 2.05) is 0 Å². The minimum Gasteiger partial charge on any atom is -0.432 e. The summed E-state index contributed by atoms with van der Waals surface area (Å²) >= 11 is 0. The molecule has 0 aromatic heterocycles. The number of fused-ring (bicyclic) bond motifs is 7. The smallest absolute Gasteiger partial charge is 0.315 e. The molecule has 9 rings (SSSR count). The summed E-state index contributed by atoms with van der Waals surface area (Å²) < 4.78 is 48.9. The zero-order valence-corrected chi connectivity index (χ0v) is 45.3. The van der Waals surface area contributed by atoms with Gasteiger partial charge in [0.1, 0.15) is 97.7 Å². The highest BCUT2D eigenvalue weighted by Gasteiger charge is 2.70. The average molecular weight is 1110 g/mol. The van der Waals surface area contributed by atoms with Crippen molar-refractivity contribution in [1.29, 1.82) is 0 Å². The lowest BCUT2D eigenvalue weighted by atomic mass is 9.33. The van der Waals surface area contributed by atoms with E-state index in [1.165, 1.54) is 5.57 Å². The van der Waals surface area contributed by atoms with Crippen molar-refractivity contribution >= 4 is 5.97 Å². The summed E-state index contributed by atoms with van der Waals surface area (Å²) in [6.07, 6.45) is -25.0. The Balaban J connectivity index is 0.995. The van der Waals surface area contributed by atoms with Crippen LogP contribution < -0.4 is 0 Å². The summed E-state index contributed by atoms with van der Waals surface area (Å²) in [5.74, 6) is -0.507. The number of allylic oxidation sites excluding steroid dienone is 2. The number of esters is 1. The third-order valence-corrected chi connectivity index (χ3v) is 21.4. The quantitative estimate of drug-likeness (QED) is 0.0569. The van der Waals surface area contributed by atoms with Gasteiger partial charge in [-0.25, -0.2) is 0 Å². The maximum Gasteiger partial charge on any atom is 0.315 e. The number of ether oxygens (including phenoxy) is 8. The van der Waals surface area contributed by atoms with Crippen molar-refractivity contribution in [3.05, 3.63) is 11.6 Å². The van der Waals surface area contributed by atoms with Crippen molar-refractivity contribution in [3.63, 3.8) is 0 Å². The molecule has 0 amide bonds. The first-order chi connectivity index (χ1) is 36.1. The topological polar surface area (TPSA) is 374 Å². The monoisotopic (exact) mass is 1100 g/mol. The zero-order valence-electron chi connectivity index (χ0n) is 45.3. The van der Waals surface area contributed by atoms with Gasteiger partial charge in [-0.05, 0) is 109 Å². The lowest BCUT2D eigenvalue weighted by Gasteiger charge is -2.71. The van der Waals surface area contributed by atoms with Crippen molar-refractivity contribution in [3.8, 4) is 0 Å². The first kappa shape index (κ1) is 60.0. The van der Waals surface area contributed by atoms with Crippen LogP contribution in [0.1, 0.15) is 113 Å². The van der Waals surface area contributed by atoms with Crippen molar-refractivity contribution in [2.45, 2.75) is 242 Å². The molecule has 28 atom stereocenters. The van der Waals surface area contributed by atoms with Gasteiger partial charge in [-0.3, -0.25) is 4.79 Å². The van der Waals surface area contributed by atoms with Crippen LogP contribution in [0.15, 0.2) is 11.6 Å². The summed E-state index contributed by atoms with van der Waals surface area (Å²) in [5, 5.41) is 149. The molecule has 4 heterocycles. The van der Waals surface area contributed by atoms with E-state index in [9.17, 15) is 76.3 Å². The van der Waals surface area contributed by atoms with Crippen LogP contribution in [-0.2, 0) is 42.7 Å². The van der Waals surface area contributed by atoms with Gasteiger partial charge >= 0.3 is 5.97 Å². The predicted molar refractivity (Wildman–Crippen MR) is 263 cm³/mol. The molecule has 5 aliphatic carbocycles. The Hall–Kier alpha value is -1.63. The fraction of sp³-hybridized carbons (Fsp3) is 0.944. The Kier molecular flexibility index (Phi) is 17.0. The summed E-state index contributed by atoms with van der Waals surface area (Å²) in [7, 11) is 0. The van der Waals surface area contributed by atoms with E-state index < -0.39 is 172 Å². The Morgan fingerprint density at radius 3 is 1.55 bits per heavy atom. The Morgan fingerprint density at radius 1 is 0.519 bits per heavy atom. The summed E-state index contributed by atoms with van der Waals surface area (Å²) in [5.41, 5.74) is -1.27. The normalized spacial score (nSPS) is 53.4. The molecule has 23 nitrogen and oxygen atoms in total. The van der Waals surface area contributed by atoms with Gasteiger partial charge < -0.3 is 109 Å². The third-order valence-electron chi connectivity index (χ3n) is 21.4. The van der Waals surface area contributed by atoms with Gasteiger partial charge in [0.2, 0.25) is 6.29 Å². The van der Waals surface area contributed by atoms with Crippen molar-refractivity contribution in [2.75, 3.05) is 26.4 Å². The minimum absolute atomic E-state index is 0.0454. The SMILES string of the molecule is CC1(C)CC[C@@]2(C(=O)O[C@H]3O[C@@H](CO)[C@H](O)[C@@H](O)[C@@H]3O)CC[C@@]3(C)C(=CC[C@H]4[C@]5(C)CC[C@@H](O[C@H]6O[C@@H](CO)[C@H](O)[C@@H](O[C@H]7O[C@@H](CO)[C@H](O)[C@@H](O)[C@@H]7O)[C@@H]6O[C@H]6O[C@@H](CO)[C@H](O)[C@@H](O)[C@@H]6O)C(C)(C)[C@H]5CC[C@@]43C)[C@H]2C1. The van der Waals surface area contributed by atoms with E-state index in [-0.39, 0.29) is 39.4 Å². The lowest BCUT2D eigenvalue weighted by Crippen LogP contribution is -2.68. The lowest BCUT2D eigenvalue weighted by molar-refractivity contribution is -0.399. The van der Waals surface area contributed by atoms with Gasteiger partial charge in [-0.2, -0.15) is 0 Å². The van der Waals surface area contributed by atoms with Crippen LogP contribution in [0.5, 0.6) is 0 Å². The van der Waals surface area contributed by atoms with Crippen molar-refractivity contribution in [2.24, 2.45) is 50.2 Å². The number of carbonyl (C=O) groups is 1. The molecular formula is C54H88O23. The maximum absolute atomic E-state index is 14.8. The summed E-state index contributed by atoms with van der Waals surface area (Å²) in [4.78, 5) is 14.8. The number of aliphatic hydroxyl groups excluding tert-OH is 14. The number of hydrogen-bond donors (Lipinski definition) is 14. The van der Waals surface area contributed by atoms with Gasteiger partial charge in [0.05, 0.1) is 37.9 Å². The third kappa shape index (κ3) is 9.80. The van der Waals surface area contributed by atoms with E-state index in [0.717, 1.165) is 32.1 Å². The largest absolute Gasteiger partial charge is 0.432 e. The Morgan fingerprint density at radius 2 is 1.00 bits per heavy atom. The van der Waals surface area contributed by atoms with Crippen LogP contribution in [0, 0.1) is 50.2 Å². The molecule has 14 N–H and O–H groups in total. The second kappa shape index (κ2) is 21.8. The predicted octanol–water partition coefficient (Wildman–Crippen LogP) is -2.04. The molecule has 4 saturated carbocycles. The average Bonchev–Trinajstić information content (AvgIpc) is 3.55. The fourth-order valence-electron chi connectivity index (χ4n) is 16.5. The second-order valence-corrected chi connectivity index (χ2v) is 26.3. The van der Waals surface area contributed by atoms with Crippen LogP contribution in [0.4, 0.5) is 0 Å². The van der Waals surface area contributed by atoms with Crippen LogP contribution in [0.2, 0.25) is 0 Å². The van der Waals surface area contributed by atoms with Crippen molar-refractivity contribution < 1.29 is 114 Å². The molecule has 8 fully saturated rings. The summed E-state index contributed by atoms with van der Waals surface area (Å²) in [6.45, 7) is 12.8. The van der Waals surface area contributed by atoms with Crippen molar-refractivity contribution in [1.82, 2.24) is 0 Å². The van der Waals surface area contributed by atoms with Crippen LogP contribution >= 0.6 is 0 Å². The van der Waals surface area contributed by atoms with Crippen LogP contribution in [0.25, 0.3) is 0 Å². The number of hydrogen-bond acceptors (Lipinski definition) is 23. The molecule has 0 aromatic rings. The van der Waals surface area contributed by atoms with Crippen LogP contribution in [-0.4, -0.2) is 233 Å². The fourth-order valence-corrected chi connectivity index (χ4v) is 16.5. The molecular weight excluding hydrogens is 1020 g/mol. The zero-order chi connectivity index (χ0) is 56.3. The highest BCUT2D eigenvalue weighted by atomic mass is 16.8. The number of rotatable bonds is 12. The van der Waals surface area contributed by atoms with E-state index in [0.29, 0.717) is 32.1 Å². The highest BCUT2D eigenvalue weighted by molar-refractivity contribution is 5.79. The molecule has 442 valence electrons. The first-order valence-electron chi connectivity index (χ1n) is 27.8. The van der Waals surface area contributed by atoms with Gasteiger partial charge in [-0.15, -0.1) is 0 Å². The molecule has 4 aliphatic heterocycles. The van der Waals surface area contributed by atoms with E-state index in [4.69, 9.17) is 37.9 Å². The van der Waals surface area contributed by atoms with E-state index >= 15 is 0 Å². The first-order valence-corrected chi connectivity index (χ1v) is 27.8. The maximum atomic E-state index is 14.8. The van der Waals surface area contributed by atoms with E-state index in [1.54, 1.807) is 0 Å². The molecule has 0 radical (unpaired) electrons. The Bertz CT molecular complexity index is 2110. The number of aliphatic hydroxyl groups is 14. The molecule has 0 bridgehead atoms. The highest BCUT2D eigenvalue weighted by Crippen LogP contribution is 2.76. The van der Waals surface area contributed by atoms with Gasteiger partial charge in [0.25, 0.3) is 0 Å². The summed E-state index contributed by atoms with van der Waals surface area (Å²) in [6, 6.07) is 0. The molecule has 0 spiro atoms. The Labute approximate surface area is 449 Å². The molecule has 0 unspecified atom stereocenters. The molecule has 4 saturated heterocycles. The van der Waals surface area contributed by atoms with Gasteiger partial charge in [0.15, 0.2) is 18.9 Å². The molecule has 77 heavy (non-hydrogen) atoms. The molecule has 0 aromatic carbocycles. The standard InChI is InChI=1S/C54H88O23/c1-49(2)14-16-54(48(69)77-46-41(68)38(65)34(61)27(21-57)72-46)17-15-52(6)23(24(54)18-49)8-9-30-51(5)12-11-31(50(3,4)29(51)10-13-53(30,52)7)74-47-43(76-45-40(67)37(64)33(60)26(20-56)71-45)42(35(62)28(22-58)73-47)75-44-39(66)36(63)32(59)25(19-55)70-44/h8,24-47,55-68H,9-22H2,1-7H3/t24-,25+,26+,27+,28+,29-,30+,31-,32+,33+,34+,35+,36-,37-,38-,39+,40+,41+,42-,43+,44-,45-,46-,47-,51-,52+,53+,54-/m1/s1. The number of carbonyl (C=O) groups excluding carboxylic acids is 1. The molecule has 9 aliphatic rings. The van der Waals surface area contributed by atoms with Crippen LogP contribution in [0.3, 0.4) is 0 Å². The van der Waals surface area contributed by atoms with E-state index in [2.05, 4.69) is 54.5 Å². The van der Waals surface area contributed by atoms with Gasteiger partial charge in [-0.1, -0.05) is 60.1 Å². The molecule has 23 heteroatoms. The second-order valence-electron chi connectivity index (χ2n) is 26.3. The van der Waals surface area contributed by atoms with Gasteiger partial charge in [0, 0.05) is 0 Å². The minimum atomic E-state index is -1.94.